The number of carbonyl (C=O) groups is 1. The first-order chi connectivity index (χ1) is 9.25. The number of rotatable bonds is 4. The molecule has 1 fully saturated rings. The number of amides is 1. The standard InChI is InChI=1S/C12H13F3N2O3/c13-12(14,15)20-9-2-1-7(5-8(9)16)10(19)17-11(6-18)3-4-11/h1-2,5,18H,3-4,6,16H2,(H,17,19). The summed E-state index contributed by atoms with van der Waals surface area (Å²) in [7, 11) is 0. The highest BCUT2D eigenvalue weighted by Crippen LogP contribution is 2.35. The van der Waals surface area contributed by atoms with E-state index in [1.807, 2.05) is 0 Å². The first-order valence-electron chi connectivity index (χ1n) is 5.83. The van der Waals surface area contributed by atoms with E-state index in [4.69, 9.17) is 10.8 Å². The molecule has 20 heavy (non-hydrogen) atoms. The molecule has 1 aliphatic rings. The predicted octanol–water partition coefficient (Wildman–Crippen LogP) is 1.42. The number of hydrogen-bond donors (Lipinski definition) is 3. The van der Waals surface area contributed by atoms with Gasteiger partial charge in [0.25, 0.3) is 5.91 Å². The van der Waals surface area contributed by atoms with Crippen LogP contribution in [0.15, 0.2) is 18.2 Å². The molecule has 0 aliphatic heterocycles. The molecule has 8 heteroatoms. The van der Waals surface area contributed by atoms with E-state index in [2.05, 4.69) is 10.1 Å². The largest absolute Gasteiger partial charge is 0.573 e. The summed E-state index contributed by atoms with van der Waals surface area (Å²) < 4.78 is 39.9. The number of aliphatic hydroxyl groups is 1. The molecular weight excluding hydrogens is 277 g/mol. The van der Waals surface area contributed by atoms with Crippen molar-refractivity contribution < 1.29 is 27.8 Å². The van der Waals surface area contributed by atoms with Crippen molar-refractivity contribution in [2.75, 3.05) is 12.3 Å². The highest BCUT2D eigenvalue weighted by molar-refractivity contribution is 5.96. The van der Waals surface area contributed by atoms with Crippen LogP contribution in [0.1, 0.15) is 23.2 Å². The highest BCUT2D eigenvalue weighted by Gasteiger charge is 2.43. The summed E-state index contributed by atoms with van der Waals surface area (Å²) in [4.78, 5) is 11.9. The van der Waals surface area contributed by atoms with Crippen molar-refractivity contribution in [2.24, 2.45) is 0 Å². The molecule has 0 heterocycles. The lowest BCUT2D eigenvalue weighted by molar-refractivity contribution is -0.274. The number of halogens is 3. The van der Waals surface area contributed by atoms with Crippen molar-refractivity contribution in [3.8, 4) is 5.75 Å². The van der Waals surface area contributed by atoms with Crippen molar-refractivity contribution in [2.45, 2.75) is 24.7 Å². The summed E-state index contributed by atoms with van der Waals surface area (Å²) in [5, 5.41) is 11.7. The molecule has 0 bridgehead atoms. The summed E-state index contributed by atoms with van der Waals surface area (Å²) in [5.41, 5.74) is 4.64. The van der Waals surface area contributed by atoms with Crippen LogP contribution in [0, 0.1) is 0 Å². The third-order valence-electron chi connectivity index (χ3n) is 3.03. The van der Waals surface area contributed by atoms with Crippen molar-refractivity contribution in [3.05, 3.63) is 23.8 Å². The molecule has 5 nitrogen and oxygen atoms in total. The molecule has 4 N–H and O–H groups in total. The van der Waals surface area contributed by atoms with Crippen LogP contribution in [0.3, 0.4) is 0 Å². The van der Waals surface area contributed by atoms with Crippen LogP contribution in [0.25, 0.3) is 0 Å². The van der Waals surface area contributed by atoms with E-state index in [-0.39, 0.29) is 17.9 Å². The molecule has 1 amide bonds. The van der Waals surface area contributed by atoms with Crippen molar-refractivity contribution in [1.29, 1.82) is 0 Å². The van der Waals surface area contributed by atoms with E-state index in [0.717, 1.165) is 12.1 Å². The maximum atomic E-state index is 12.1. The van der Waals surface area contributed by atoms with E-state index < -0.39 is 23.6 Å². The third kappa shape index (κ3) is 3.32. The number of aliphatic hydroxyl groups excluding tert-OH is 1. The van der Waals surface area contributed by atoms with Gasteiger partial charge in [-0.15, -0.1) is 13.2 Å². The predicted molar refractivity (Wildman–Crippen MR) is 64.1 cm³/mol. The minimum Gasteiger partial charge on any atom is -0.404 e. The van der Waals surface area contributed by atoms with Gasteiger partial charge in [-0.05, 0) is 31.0 Å². The van der Waals surface area contributed by atoms with Crippen LogP contribution in [0.5, 0.6) is 5.75 Å². The van der Waals surface area contributed by atoms with Crippen molar-refractivity contribution >= 4 is 11.6 Å². The van der Waals surface area contributed by atoms with Crippen LogP contribution >= 0.6 is 0 Å². The maximum absolute atomic E-state index is 12.1. The topological polar surface area (TPSA) is 84.6 Å². The number of alkyl halides is 3. The van der Waals surface area contributed by atoms with Crippen LogP contribution in [-0.4, -0.2) is 29.5 Å². The summed E-state index contributed by atoms with van der Waals surface area (Å²) in [5.74, 6) is -1.06. The minimum absolute atomic E-state index is 0.108. The summed E-state index contributed by atoms with van der Waals surface area (Å²) in [6, 6.07) is 3.26. The Morgan fingerprint density at radius 2 is 2.10 bits per heavy atom. The zero-order valence-corrected chi connectivity index (χ0v) is 10.3. The second-order valence-corrected chi connectivity index (χ2v) is 4.69. The third-order valence-corrected chi connectivity index (χ3v) is 3.03. The van der Waals surface area contributed by atoms with Gasteiger partial charge in [0.1, 0.15) is 0 Å². The monoisotopic (exact) mass is 290 g/mol. The normalized spacial score (nSPS) is 16.6. The molecule has 0 unspecified atom stereocenters. The number of benzene rings is 1. The van der Waals surface area contributed by atoms with Gasteiger partial charge in [0.05, 0.1) is 17.8 Å². The molecule has 1 saturated carbocycles. The second kappa shape index (κ2) is 4.86. The zero-order valence-electron chi connectivity index (χ0n) is 10.3. The summed E-state index contributed by atoms with van der Waals surface area (Å²) in [6.45, 7) is -0.177. The molecule has 0 atom stereocenters. The van der Waals surface area contributed by atoms with Gasteiger partial charge in [0, 0.05) is 5.56 Å². The Balaban J connectivity index is 2.10. The van der Waals surface area contributed by atoms with Gasteiger partial charge in [-0.3, -0.25) is 4.79 Å². The average Bonchev–Trinajstić information content (AvgIpc) is 3.10. The number of carbonyl (C=O) groups excluding carboxylic acids is 1. The van der Waals surface area contributed by atoms with Crippen molar-refractivity contribution in [3.63, 3.8) is 0 Å². The van der Waals surface area contributed by atoms with Gasteiger partial charge in [-0.2, -0.15) is 0 Å². The van der Waals surface area contributed by atoms with E-state index >= 15 is 0 Å². The molecule has 110 valence electrons. The lowest BCUT2D eigenvalue weighted by Crippen LogP contribution is -2.39. The molecule has 1 aromatic carbocycles. The molecule has 0 saturated heterocycles. The first-order valence-corrected chi connectivity index (χ1v) is 5.83. The van der Waals surface area contributed by atoms with E-state index in [1.54, 1.807) is 0 Å². The van der Waals surface area contributed by atoms with Crippen molar-refractivity contribution in [1.82, 2.24) is 5.32 Å². The molecule has 0 aromatic heterocycles. The smallest absolute Gasteiger partial charge is 0.404 e. The molecule has 0 spiro atoms. The Labute approximate surface area is 112 Å². The van der Waals surface area contributed by atoms with Crippen LogP contribution < -0.4 is 15.8 Å². The molecule has 0 radical (unpaired) electrons. The SMILES string of the molecule is Nc1cc(C(=O)NC2(CO)CC2)ccc1OC(F)(F)F. The quantitative estimate of drug-likeness (QED) is 0.732. The van der Waals surface area contributed by atoms with E-state index in [1.165, 1.54) is 6.07 Å². The van der Waals surface area contributed by atoms with Crippen LogP contribution in [-0.2, 0) is 0 Å². The van der Waals surface area contributed by atoms with E-state index in [9.17, 15) is 18.0 Å². The molecule has 1 aliphatic carbocycles. The van der Waals surface area contributed by atoms with Gasteiger partial charge in [-0.25, -0.2) is 0 Å². The van der Waals surface area contributed by atoms with Gasteiger partial charge in [0.2, 0.25) is 0 Å². The second-order valence-electron chi connectivity index (χ2n) is 4.69. The van der Waals surface area contributed by atoms with Gasteiger partial charge in [-0.1, -0.05) is 0 Å². The van der Waals surface area contributed by atoms with Gasteiger partial charge >= 0.3 is 6.36 Å². The summed E-state index contributed by atoms with van der Waals surface area (Å²) >= 11 is 0. The Bertz CT molecular complexity index is 527. The molecule has 1 aromatic rings. The lowest BCUT2D eigenvalue weighted by atomic mass is 10.1. The molecular formula is C12H13F3N2O3. The minimum atomic E-state index is -4.84. The summed E-state index contributed by atoms with van der Waals surface area (Å²) in [6.07, 6.45) is -3.51. The lowest BCUT2D eigenvalue weighted by Gasteiger charge is -2.15. The Kier molecular flexibility index (Phi) is 3.51. The average molecular weight is 290 g/mol. The fourth-order valence-electron chi connectivity index (χ4n) is 1.69. The number of nitrogens with one attached hydrogen (secondary N) is 1. The fraction of sp³-hybridized carbons (Fsp3) is 0.417. The number of ether oxygens (including phenoxy) is 1. The molecule has 2 rings (SSSR count). The maximum Gasteiger partial charge on any atom is 0.573 e. The van der Waals surface area contributed by atoms with Crippen LogP contribution in [0.4, 0.5) is 18.9 Å². The van der Waals surface area contributed by atoms with E-state index in [0.29, 0.717) is 12.8 Å². The van der Waals surface area contributed by atoms with Gasteiger partial charge in [0.15, 0.2) is 5.75 Å². The van der Waals surface area contributed by atoms with Crippen LogP contribution in [0.2, 0.25) is 0 Å². The Hall–Kier alpha value is -1.96. The Morgan fingerprint density at radius 3 is 2.55 bits per heavy atom. The first kappa shape index (κ1) is 14.4. The Morgan fingerprint density at radius 1 is 1.45 bits per heavy atom. The van der Waals surface area contributed by atoms with Gasteiger partial charge < -0.3 is 20.9 Å². The highest BCUT2D eigenvalue weighted by atomic mass is 19.4. The number of nitrogen functional groups attached to an aromatic ring is 1. The number of nitrogens with two attached hydrogens (primary N) is 1. The number of anilines is 1. The zero-order chi connectivity index (χ0) is 15.0. The number of hydrogen-bond acceptors (Lipinski definition) is 4. The fourth-order valence-corrected chi connectivity index (χ4v) is 1.69.